The zero-order valence-corrected chi connectivity index (χ0v) is 19.1. The summed E-state index contributed by atoms with van der Waals surface area (Å²) < 4.78 is 5.16. The average molecular weight is 403 g/mol. The van der Waals surface area contributed by atoms with Crippen LogP contribution in [0.5, 0.6) is 0 Å². The lowest BCUT2D eigenvalue weighted by molar-refractivity contribution is -0.143. The number of aliphatic hydroxyl groups is 1. The quantitative estimate of drug-likeness (QED) is 0.459. The van der Waals surface area contributed by atoms with Gasteiger partial charge in [-0.3, -0.25) is 4.79 Å². The van der Waals surface area contributed by atoms with Crippen molar-refractivity contribution in [2.45, 2.75) is 98.0 Å². The second kappa shape index (κ2) is 8.02. The van der Waals surface area contributed by atoms with Gasteiger partial charge in [0.25, 0.3) is 0 Å². The molecule has 0 aromatic carbocycles. The number of fused-ring (bicyclic) bond motifs is 5. The first-order valence-electron chi connectivity index (χ1n) is 12.3. The number of rotatable bonds is 5. The molecule has 164 valence electrons. The Hall–Kier alpha value is -0.830. The molecule has 0 spiro atoms. The molecule has 3 nitrogen and oxygen atoms in total. The summed E-state index contributed by atoms with van der Waals surface area (Å²) in [5.74, 6) is 3.77. The first kappa shape index (κ1) is 21.4. The molecule has 3 saturated carbocycles. The van der Waals surface area contributed by atoms with Crippen LogP contribution in [0.4, 0.5) is 0 Å². The number of ether oxygens (including phenoxy) is 1. The van der Waals surface area contributed by atoms with E-state index >= 15 is 0 Å². The van der Waals surface area contributed by atoms with Gasteiger partial charge in [0.2, 0.25) is 0 Å². The number of esters is 1. The number of aliphatic hydroxyl groups excluding tert-OH is 1. The topological polar surface area (TPSA) is 46.5 Å². The van der Waals surface area contributed by atoms with Crippen LogP contribution in [0.3, 0.4) is 0 Å². The van der Waals surface area contributed by atoms with Crippen LogP contribution in [0.15, 0.2) is 11.6 Å². The van der Waals surface area contributed by atoms with Crippen LogP contribution in [0.2, 0.25) is 0 Å². The average Bonchev–Trinajstić information content (AvgIpc) is 3.04. The van der Waals surface area contributed by atoms with E-state index in [4.69, 9.17) is 4.74 Å². The molecule has 3 heteroatoms. The molecule has 0 heterocycles. The van der Waals surface area contributed by atoms with E-state index in [1.165, 1.54) is 38.5 Å². The van der Waals surface area contributed by atoms with E-state index in [0.29, 0.717) is 29.8 Å². The lowest BCUT2D eigenvalue weighted by Gasteiger charge is -2.58. The molecule has 0 amide bonds. The van der Waals surface area contributed by atoms with E-state index in [9.17, 15) is 9.90 Å². The van der Waals surface area contributed by atoms with Crippen molar-refractivity contribution < 1.29 is 14.6 Å². The van der Waals surface area contributed by atoms with Gasteiger partial charge in [-0.2, -0.15) is 0 Å². The fraction of sp³-hybridized carbons (Fsp3) is 0.885. The van der Waals surface area contributed by atoms with Gasteiger partial charge in [0, 0.05) is 6.42 Å². The molecule has 29 heavy (non-hydrogen) atoms. The van der Waals surface area contributed by atoms with Crippen LogP contribution in [0, 0.1) is 40.4 Å². The molecule has 0 aromatic heterocycles. The van der Waals surface area contributed by atoms with Crippen molar-refractivity contribution in [2.75, 3.05) is 6.61 Å². The molecular weight excluding hydrogens is 360 g/mol. The van der Waals surface area contributed by atoms with Gasteiger partial charge >= 0.3 is 5.97 Å². The van der Waals surface area contributed by atoms with E-state index in [2.05, 4.69) is 26.8 Å². The largest absolute Gasteiger partial charge is 0.466 e. The zero-order valence-electron chi connectivity index (χ0n) is 19.1. The monoisotopic (exact) mass is 402 g/mol. The van der Waals surface area contributed by atoms with Crippen molar-refractivity contribution in [1.82, 2.24) is 0 Å². The normalized spacial score (nSPS) is 44.9. The molecule has 8 atom stereocenters. The maximum absolute atomic E-state index is 11.9. The Labute approximate surface area is 177 Å². The van der Waals surface area contributed by atoms with Crippen LogP contribution in [-0.2, 0) is 9.53 Å². The van der Waals surface area contributed by atoms with E-state index in [1.807, 2.05) is 6.92 Å². The molecule has 0 saturated heterocycles. The van der Waals surface area contributed by atoms with Crippen molar-refractivity contribution in [3.63, 3.8) is 0 Å². The summed E-state index contributed by atoms with van der Waals surface area (Å²) in [5.41, 5.74) is 2.33. The highest BCUT2D eigenvalue weighted by molar-refractivity contribution is 5.69. The van der Waals surface area contributed by atoms with Crippen molar-refractivity contribution in [2.24, 2.45) is 40.4 Å². The van der Waals surface area contributed by atoms with Crippen molar-refractivity contribution in [1.29, 1.82) is 0 Å². The summed E-state index contributed by atoms with van der Waals surface area (Å²) in [4.78, 5) is 11.9. The van der Waals surface area contributed by atoms with E-state index in [0.717, 1.165) is 42.9 Å². The minimum Gasteiger partial charge on any atom is -0.466 e. The Morgan fingerprint density at radius 2 is 2.00 bits per heavy atom. The molecular formula is C26H42O3. The smallest absolute Gasteiger partial charge is 0.305 e. The maximum Gasteiger partial charge on any atom is 0.305 e. The third-order valence-electron chi connectivity index (χ3n) is 9.95. The minimum atomic E-state index is -0.115. The van der Waals surface area contributed by atoms with Gasteiger partial charge in [-0.25, -0.2) is 0 Å². The van der Waals surface area contributed by atoms with Gasteiger partial charge in [-0.1, -0.05) is 32.4 Å². The molecule has 4 aliphatic rings. The summed E-state index contributed by atoms with van der Waals surface area (Å²) in [6, 6.07) is 0. The van der Waals surface area contributed by atoms with Crippen LogP contribution in [0.1, 0.15) is 91.9 Å². The summed E-state index contributed by atoms with van der Waals surface area (Å²) in [6.07, 6.45) is 13.7. The standard InChI is InChI=1S/C26H42O3/c1-5-29-24(28)11-6-17(2)21-9-10-22-20-8-7-18-16-19(27)12-14-25(18,3)23(20)13-15-26(21,22)4/h7,17,19-23,27H,5-6,8-16H2,1-4H3/t17-,19+,20?,21-,22?,23?,25+,26-/m1/s1. The van der Waals surface area contributed by atoms with Gasteiger partial charge in [0.05, 0.1) is 12.7 Å². The fourth-order valence-corrected chi connectivity index (χ4v) is 8.40. The predicted octanol–water partition coefficient (Wildman–Crippen LogP) is 5.91. The van der Waals surface area contributed by atoms with Crippen LogP contribution in [0.25, 0.3) is 0 Å². The first-order chi connectivity index (χ1) is 13.8. The van der Waals surface area contributed by atoms with E-state index < -0.39 is 0 Å². The highest BCUT2D eigenvalue weighted by Crippen LogP contribution is 2.67. The summed E-state index contributed by atoms with van der Waals surface area (Å²) in [7, 11) is 0. The third-order valence-corrected chi connectivity index (χ3v) is 9.95. The first-order valence-corrected chi connectivity index (χ1v) is 12.3. The molecule has 4 aliphatic carbocycles. The van der Waals surface area contributed by atoms with Crippen molar-refractivity contribution in [3.05, 3.63) is 11.6 Å². The Kier molecular flexibility index (Phi) is 5.92. The van der Waals surface area contributed by atoms with E-state index in [1.54, 1.807) is 5.57 Å². The minimum absolute atomic E-state index is 0.0277. The maximum atomic E-state index is 11.9. The molecule has 0 radical (unpaired) electrons. The van der Waals surface area contributed by atoms with E-state index in [-0.39, 0.29) is 12.1 Å². The fourth-order valence-electron chi connectivity index (χ4n) is 8.40. The van der Waals surface area contributed by atoms with Gasteiger partial charge in [0.1, 0.15) is 0 Å². The van der Waals surface area contributed by atoms with Crippen LogP contribution < -0.4 is 0 Å². The van der Waals surface area contributed by atoms with Gasteiger partial charge < -0.3 is 9.84 Å². The molecule has 4 rings (SSSR count). The molecule has 3 fully saturated rings. The number of carbonyl (C=O) groups is 1. The second-order valence-corrected chi connectivity index (χ2v) is 11.2. The van der Waals surface area contributed by atoms with Gasteiger partial charge in [-0.05, 0) is 105 Å². The predicted molar refractivity (Wildman–Crippen MR) is 116 cm³/mol. The molecule has 3 unspecified atom stereocenters. The molecule has 0 aliphatic heterocycles. The summed E-state index contributed by atoms with van der Waals surface area (Å²) >= 11 is 0. The van der Waals surface area contributed by atoms with Gasteiger partial charge in [0.15, 0.2) is 0 Å². The Morgan fingerprint density at radius 3 is 2.76 bits per heavy atom. The second-order valence-electron chi connectivity index (χ2n) is 11.2. The Balaban J connectivity index is 1.48. The number of hydrogen-bond donors (Lipinski definition) is 1. The Bertz CT molecular complexity index is 654. The Morgan fingerprint density at radius 1 is 1.21 bits per heavy atom. The van der Waals surface area contributed by atoms with Gasteiger partial charge in [-0.15, -0.1) is 0 Å². The summed E-state index contributed by atoms with van der Waals surface area (Å²) in [5, 5.41) is 10.2. The van der Waals surface area contributed by atoms with Crippen molar-refractivity contribution >= 4 is 5.97 Å². The summed E-state index contributed by atoms with van der Waals surface area (Å²) in [6.45, 7) is 9.86. The highest BCUT2D eigenvalue weighted by atomic mass is 16.5. The number of carbonyl (C=O) groups excluding carboxylic acids is 1. The lowest BCUT2D eigenvalue weighted by atomic mass is 9.47. The molecule has 0 bridgehead atoms. The van der Waals surface area contributed by atoms with Crippen LogP contribution in [-0.4, -0.2) is 23.8 Å². The lowest BCUT2D eigenvalue weighted by Crippen LogP contribution is -2.50. The molecule has 1 N–H and O–H groups in total. The number of hydrogen-bond acceptors (Lipinski definition) is 3. The third kappa shape index (κ3) is 3.60. The van der Waals surface area contributed by atoms with Crippen LogP contribution >= 0.6 is 0 Å². The molecule has 0 aromatic rings. The SMILES string of the molecule is CCOC(=O)CC[C@@H](C)[C@H]1CCC2C3CC=C4C[C@@H](O)CC[C@]4(C)C3CC[C@@]21C. The zero-order chi connectivity index (χ0) is 20.8. The number of allylic oxidation sites excluding steroid dienone is 1. The highest BCUT2D eigenvalue weighted by Gasteiger charge is 2.59. The van der Waals surface area contributed by atoms with Crippen molar-refractivity contribution in [3.8, 4) is 0 Å².